The van der Waals surface area contributed by atoms with E-state index in [0.29, 0.717) is 12.5 Å². The van der Waals surface area contributed by atoms with Crippen LogP contribution < -0.4 is 5.32 Å². The van der Waals surface area contributed by atoms with Gasteiger partial charge in [-0.05, 0) is 19.3 Å². The van der Waals surface area contributed by atoms with Gasteiger partial charge in [0.15, 0.2) is 0 Å². The van der Waals surface area contributed by atoms with Gasteiger partial charge in [-0.15, -0.1) is 11.3 Å². The number of nitrogens with zero attached hydrogens (tertiary/aromatic N) is 2. The fourth-order valence-electron chi connectivity index (χ4n) is 3.27. The smallest absolute Gasteiger partial charge is 0.226 e. The second-order valence-corrected chi connectivity index (χ2v) is 6.36. The maximum atomic E-state index is 11.9. The van der Waals surface area contributed by atoms with Gasteiger partial charge in [-0.25, -0.2) is 4.98 Å². The van der Waals surface area contributed by atoms with Crippen LogP contribution >= 0.6 is 11.3 Å². The second-order valence-electron chi connectivity index (χ2n) is 5.64. The molecule has 1 aromatic rings. The van der Waals surface area contributed by atoms with Crippen LogP contribution in [0.5, 0.6) is 0 Å². The normalized spacial score (nSPS) is 24.9. The lowest BCUT2D eigenvalue weighted by Gasteiger charge is -2.23. The number of hydrogen-bond donors (Lipinski definition) is 1. The van der Waals surface area contributed by atoms with Crippen molar-refractivity contribution in [2.45, 2.75) is 50.6 Å². The van der Waals surface area contributed by atoms with Crippen molar-refractivity contribution in [3.8, 4) is 0 Å². The Kier molecular flexibility index (Phi) is 4.13. The molecule has 1 aromatic heterocycles. The van der Waals surface area contributed by atoms with Crippen LogP contribution in [-0.2, 0) is 11.2 Å². The van der Waals surface area contributed by atoms with Crippen molar-refractivity contribution < 1.29 is 4.79 Å². The first-order valence-corrected chi connectivity index (χ1v) is 8.16. The molecule has 3 rings (SSSR count). The molecule has 0 radical (unpaired) electrons. The first kappa shape index (κ1) is 13.1. The summed E-state index contributed by atoms with van der Waals surface area (Å²) in [6.45, 7) is 2.18. The molecule has 1 amide bonds. The molecule has 1 saturated carbocycles. The molecule has 1 aliphatic heterocycles. The van der Waals surface area contributed by atoms with E-state index in [-0.39, 0.29) is 5.91 Å². The fourth-order valence-corrected chi connectivity index (χ4v) is 3.83. The van der Waals surface area contributed by atoms with Gasteiger partial charge in [-0.2, -0.15) is 0 Å². The molecule has 2 aliphatic rings. The number of nitrogens with one attached hydrogen (secondary N) is 1. The van der Waals surface area contributed by atoms with E-state index in [2.05, 4.69) is 15.2 Å². The lowest BCUT2D eigenvalue weighted by atomic mass is 10.2. The van der Waals surface area contributed by atoms with Gasteiger partial charge in [-0.1, -0.05) is 12.8 Å². The Bertz CT molecular complexity index is 414. The fraction of sp³-hybridized carbons (Fsp3) is 0.714. The summed E-state index contributed by atoms with van der Waals surface area (Å²) in [5.74, 6) is 0.115. The van der Waals surface area contributed by atoms with E-state index in [1.165, 1.54) is 25.7 Å². The van der Waals surface area contributed by atoms with Crippen LogP contribution in [0.25, 0.3) is 0 Å². The molecule has 1 atom stereocenters. The lowest BCUT2D eigenvalue weighted by Crippen LogP contribution is -2.39. The number of rotatable bonds is 4. The molecule has 19 heavy (non-hydrogen) atoms. The Morgan fingerprint density at radius 3 is 3.00 bits per heavy atom. The largest absolute Gasteiger partial charge is 0.352 e. The summed E-state index contributed by atoms with van der Waals surface area (Å²) in [4.78, 5) is 18.7. The standard InChI is InChI=1S/C14H21N3OS/c18-14(7-12-9-19-10-15-12)16-11-5-6-17(8-11)13-3-1-2-4-13/h9-11,13H,1-8H2,(H,16,18). The topological polar surface area (TPSA) is 45.2 Å². The number of amides is 1. The van der Waals surface area contributed by atoms with Crippen molar-refractivity contribution in [3.05, 3.63) is 16.6 Å². The minimum Gasteiger partial charge on any atom is -0.352 e. The van der Waals surface area contributed by atoms with Crippen molar-refractivity contribution in [1.82, 2.24) is 15.2 Å². The summed E-state index contributed by atoms with van der Waals surface area (Å²) in [5, 5.41) is 5.10. The summed E-state index contributed by atoms with van der Waals surface area (Å²) >= 11 is 1.54. The zero-order chi connectivity index (χ0) is 13.1. The highest BCUT2D eigenvalue weighted by molar-refractivity contribution is 7.07. The Labute approximate surface area is 118 Å². The van der Waals surface area contributed by atoms with E-state index in [4.69, 9.17) is 0 Å². The summed E-state index contributed by atoms with van der Waals surface area (Å²) in [6.07, 6.45) is 6.96. The van der Waals surface area contributed by atoms with Gasteiger partial charge >= 0.3 is 0 Å². The molecule has 1 aliphatic carbocycles. The molecule has 1 unspecified atom stereocenters. The van der Waals surface area contributed by atoms with Crippen LogP contribution in [0.1, 0.15) is 37.8 Å². The number of carbonyl (C=O) groups excluding carboxylic acids is 1. The van der Waals surface area contributed by atoms with E-state index in [1.54, 1.807) is 16.8 Å². The summed E-state index contributed by atoms with van der Waals surface area (Å²) in [7, 11) is 0. The van der Waals surface area contributed by atoms with Crippen LogP contribution in [0.15, 0.2) is 10.9 Å². The van der Waals surface area contributed by atoms with Gasteiger partial charge in [0, 0.05) is 30.6 Å². The van der Waals surface area contributed by atoms with Crippen LogP contribution in [-0.4, -0.2) is 41.0 Å². The molecule has 4 nitrogen and oxygen atoms in total. The minimum atomic E-state index is 0.115. The van der Waals surface area contributed by atoms with Gasteiger partial charge < -0.3 is 5.32 Å². The van der Waals surface area contributed by atoms with Gasteiger partial charge in [0.1, 0.15) is 0 Å². The Hall–Kier alpha value is -0.940. The number of aromatic nitrogens is 1. The maximum absolute atomic E-state index is 11.9. The molecule has 1 saturated heterocycles. The summed E-state index contributed by atoms with van der Waals surface area (Å²) in [6, 6.07) is 1.12. The lowest BCUT2D eigenvalue weighted by molar-refractivity contribution is -0.121. The van der Waals surface area contributed by atoms with Crippen molar-refractivity contribution in [3.63, 3.8) is 0 Å². The molecule has 5 heteroatoms. The van der Waals surface area contributed by atoms with Gasteiger partial charge in [0.05, 0.1) is 17.6 Å². The Balaban J connectivity index is 1.44. The molecule has 2 heterocycles. The van der Waals surface area contributed by atoms with Gasteiger partial charge in [-0.3, -0.25) is 9.69 Å². The zero-order valence-corrected chi connectivity index (χ0v) is 12.0. The highest BCUT2D eigenvalue weighted by atomic mass is 32.1. The molecule has 104 valence electrons. The first-order valence-electron chi connectivity index (χ1n) is 7.22. The molecule has 0 spiro atoms. The molecule has 1 N–H and O–H groups in total. The Morgan fingerprint density at radius 2 is 2.26 bits per heavy atom. The predicted molar refractivity (Wildman–Crippen MR) is 76.2 cm³/mol. The monoisotopic (exact) mass is 279 g/mol. The number of thiazole rings is 1. The molecule has 0 bridgehead atoms. The van der Waals surface area contributed by atoms with Crippen molar-refractivity contribution >= 4 is 17.2 Å². The minimum absolute atomic E-state index is 0.115. The molecule has 0 aromatic carbocycles. The third-order valence-corrected chi connectivity index (χ3v) is 4.89. The van der Waals surface area contributed by atoms with E-state index >= 15 is 0 Å². The summed E-state index contributed by atoms with van der Waals surface area (Å²) in [5.41, 5.74) is 2.66. The Morgan fingerprint density at radius 1 is 1.42 bits per heavy atom. The molecule has 2 fully saturated rings. The quantitative estimate of drug-likeness (QED) is 0.914. The van der Waals surface area contributed by atoms with Crippen LogP contribution in [0, 0.1) is 0 Å². The molecular formula is C14H21N3OS. The second kappa shape index (κ2) is 6.01. The van der Waals surface area contributed by atoms with E-state index in [9.17, 15) is 4.79 Å². The van der Waals surface area contributed by atoms with E-state index in [1.807, 2.05) is 5.38 Å². The van der Waals surface area contributed by atoms with Crippen molar-refractivity contribution in [1.29, 1.82) is 0 Å². The van der Waals surface area contributed by atoms with E-state index in [0.717, 1.165) is 31.2 Å². The van der Waals surface area contributed by atoms with Crippen LogP contribution in [0.2, 0.25) is 0 Å². The number of hydrogen-bond acceptors (Lipinski definition) is 4. The summed E-state index contributed by atoms with van der Waals surface area (Å²) < 4.78 is 0. The zero-order valence-electron chi connectivity index (χ0n) is 11.2. The highest BCUT2D eigenvalue weighted by Crippen LogP contribution is 2.26. The molecular weight excluding hydrogens is 258 g/mol. The number of likely N-dealkylation sites (tertiary alicyclic amines) is 1. The average Bonchev–Trinajstić information content (AvgIpc) is 3.09. The highest BCUT2D eigenvalue weighted by Gasteiger charge is 2.30. The number of carbonyl (C=O) groups is 1. The van der Waals surface area contributed by atoms with Crippen LogP contribution in [0.3, 0.4) is 0 Å². The van der Waals surface area contributed by atoms with Gasteiger partial charge in [0.25, 0.3) is 0 Å². The third kappa shape index (κ3) is 3.34. The third-order valence-electron chi connectivity index (χ3n) is 4.25. The van der Waals surface area contributed by atoms with E-state index < -0.39 is 0 Å². The van der Waals surface area contributed by atoms with Crippen LogP contribution in [0.4, 0.5) is 0 Å². The van der Waals surface area contributed by atoms with Crippen molar-refractivity contribution in [2.75, 3.05) is 13.1 Å². The average molecular weight is 279 g/mol. The maximum Gasteiger partial charge on any atom is 0.226 e. The van der Waals surface area contributed by atoms with Crippen molar-refractivity contribution in [2.24, 2.45) is 0 Å². The van der Waals surface area contributed by atoms with Gasteiger partial charge in [0.2, 0.25) is 5.91 Å². The predicted octanol–water partition coefficient (Wildman–Crippen LogP) is 1.82. The first-order chi connectivity index (χ1) is 9.31. The SMILES string of the molecule is O=C(Cc1cscn1)NC1CCN(C2CCCC2)C1.